The van der Waals surface area contributed by atoms with Crippen molar-refractivity contribution in [2.45, 2.75) is 52.5 Å². The van der Waals surface area contributed by atoms with E-state index < -0.39 is 0 Å². The van der Waals surface area contributed by atoms with Gasteiger partial charge in [-0.25, -0.2) is 0 Å². The van der Waals surface area contributed by atoms with Crippen molar-refractivity contribution in [2.24, 2.45) is 0 Å². The quantitative estimate of drug-likeness (QED) is 0.721. The summed E-state index contributed by atoms with van der Waals surface area (Å²) in [6.07, 6.45) is 9.53. The standard InChI is InChI=1S/C17H25N/c1-5-7-8-17(18-11-6-2)13-16-12-14(3)9-10-15(16)4/h1,9-10,12,17-18H,6-8,11,13H2,2-4H3. The molecular weight excluding hydrogens is 218 g/mol. The first-order chi connectivity index (χ1) is 8.67. The van der Waals surface area contributed by atoms with Crippen molar-refractivity contribution in [1.29, 1.82) is 0 Å². The summed E-state index contributed by atoms with van der Waals surface area (Å²) < 4.78 is 0. The Bertz CT molecular complexity index is 401. The second-order valence-corrected chi connectivity index (χ2v) is 5.03. The molecule has 0 aliphatic rings. The van der Waals surface area contributed by atoms with Crippen LogP contribution >= 0.6 is 0 Å². The molecule has 1 N–H and O–H groups in total. The minimum absolute atomic E-state index is 0.501. The Hall–Kier alpha value is -1.26. The number of terminal acetylenes is 1. The van der Waals surface area contributed by atoms with Gasteiger partial charge in [-0.3, -0.25) is 0 Å². The maximum atomic E-state index is 5.38. The summed E-state index contributed by atoms with van der Waals surface area (Å²) in [5.74, 6) is 2.75. The molecule has 0 spiro atoms. The molecule has 0 aliphatic carbocycles. The van der Waals surface area contributed by atoms with Crippen LogP contribution in [0, 0.1) is 26.2 Å². The molecule has 98 valence electrons. The monoisotopic (exact) mass is 243 g/mol. The van der Waals surface area contributed by atoms with E-state index in [0.29, 0.717) is 6.04 Å². The summed E-state index contributed by atoms with van der Waals surface area (Å²) in [5.41, 5.74) is 4.16. The lowest BCUT2D eigenvalue weighted by atomic mass is 9.96. The average Bonchev–Trinajstić information content (AvgIpc) is 2.37. The second kappa shape index (κ2) is 7.95. The summed E-state index contributed by atoms with van der Waals surface area (Å²) in [6.45, 7) is 7.61. The molecular formula is C17H25N. The molecule has 0 bridgehead atoms. The van der Waals surface area contributed by atoms with Gasteiger partial charge in [-0.2, -0.15) is 0 Å². The average molecular weight is 243 g/mol. The highest BCUT2D eigenvalue weighted by Gasteiger charge is 2.09. The smallest absolute Gasteiger partial charge is 0.0117 e. The molecule has 0 fully saturated rings. The molecule has 1 rings (SSSR count). The molecule has 1 atom stereocenters. The van der Waals surface area contributed by atoms with Crippen LogP contribution in [0.4, 0.5) is 0 Å². The van der Waals surface area contributed by atoms with Gasteiger partial charge in [0.25, 0.3) is 0 Å². The van der Waals surface area contributed by atoms with Gasteiger partial charge in [-0.1, -0.05) is 30.7 Å². The van der Waals surface area contributed by atoms with Crippen molar-refractivity contribution in [3.63, 3.8) is 0 Å². The first-order valence-electron chi connectivity index (χ1n) is 6.90. The van der Waals surface area contributed by atoms with Gasteiger partial charge in [0.05, 0.1) is 0 Å². The fourth-order valence-corrected chi connectivity index (χ4v) is 2.17. The van der Waals surface area contributed by atoms with Crippen molar-refractivity contribution >= 4 is 0 Å². The molecule has 1 unspecified atom stereocenters. The molecule has 0 heterocycles. The van der Waals surface area contributed by atoms with Crippen LogP contribution in [0.1, 0.15) is 42.9 Å². The molecule has 0 aromatic heterocycles. The van der Waals surface area contributed by atoms with Gasteiger partial charge in [0, 0.05) is 12.5 Å². The highest BCUT2D eigenvalue weighted by atomic mass is 14.9. The number of rotatable bonds is 7. The van der Waals surface area contributed by atoms with E-state index in [1.165, 1.54) is 23.1 Å². The van der Waals surface area contributed by atoms with Gasteiger partial charge in [0.2, 0.25) is 0 Å². The molecule has 1 nitrogen and oxygen atoms in total. The lowest BCUT2D eigenvalue weighted by Crippen LogP contribution is -2.32. The SMILES string of the molecule is C#CCCC(Cc1cc(C)ccc1C)NCCC. The minimum atomic E-state index is 0.501. The van der Waals surface area contributed by atoms with E-state index in [1.54, 1.807) is 0 Å². The number of benzene rings is 1. The van der Waals surface area contributed by atoms with E-state index >= 15 is 0 Å². The predicted octanol–water partition coefficient (Wildman–Crippen LogP) is 3.63. The van der Waals surface area contributed by atoms with Crippen LogP contribution < -0.4 is 5.32 Å². The molecule has 0 saturated heterocycles. The topological polar surface area (TPSA) is 12.0 Å². The highest BCUT2D eigenvalue weighted by Crippen LogP contribution is 2.14. The van der Waals surface area contributed by atoms with E-state index in [0.717, 1.165) is 25.8 Å². The molecule has 1 heteroatoms. The maximum Gasteiger partial charge on any atom is 0.0117 e. The lowest BCUT2D eigenvalue weighted by Gasteiger charge is -2.19. The predicted molar refractivity (Wildman–Crippen MR) is 79.8 cm³/mol. The van der Waals surface area contributed by atoms with E-state index in [-0.39, 0.29) is 0 Å². The van der Waals surface area contributed by atoms with Crippen LogP contribution in [0.25, 0.3) is 0 Å². The van der Waals surface area contributed by atoms with Crippen LogP contribution in [0.5, 0.6) is 0 Å². The van der Waals surface area contributed by atoms with Crippen LogP contribution in [0.15, 0.2) is 18.2 Å². The minimum Gasteiger partial charge on any atom is -0.314 e. The van der Waals surface area contributed by atoms with E-state index in [2.05, 4.69) is 50.2 Å². The summed E-state index contributed by atoms with van der Waals surface area (Å²) >= 11 is 0. The van der Waals surface area contributed by atoms with Gasteiger partial charge >= 0.3 is 0 Å². The van der Waals surface area contributed by atoms with Crippen LogP contribution in [-0.4, -0.2) is 12.6 Å². The summed E-state index contributed by atoms with van der Waals surface area (Å²) in [6, 6.07) is 7.19. The normalized spacial score (nSPS) is 12.1. The fraction of sp³-hybridized carbons (Fsp3) is 0.529. The summed E-state index contributed by atoms with van der Waals surface area (Å²) in [5, 5.41) is 3.60. The number of hydrogen-bond donors (Lipinski definition) is 1. The Balaban J connectivity index is 2.68. The highest BCUT2D eigenvalue weighted by molar-refractivity contribution is 5.31. The fourth-order valence-electron chi connectivity index (χ4n) is 2.17. The van der Waals surface area contributed by atoms with Crippen LogP contribution in [0.3, 0.4) is 0 Å². The molecule has 18 heavy (non-hydrogen) atoms. The van der Waals surface area contributed by atoms with Crippen molar-refractivity contribution in [1.82, 2.24) is 5.32 Å². The number of hydrogen-bond acceptors (Lipinski definition) is 1. The molecule has 1 aromatic rings. The molecule has 1 aromatic carbocycles. The second-order valence-electron chi connectivity index (χ2n) is 5.03. The maximum absolute atomic E-state index is 5.38. The molecule has 0 amide bonds. The third-order valence-corrected chi connectivity index (χ3v) is 3.29. The number of aryl methyl sites for hydroxylation is 2. The Labute approximate surface area is 112 Å². The Morgan fingerprint density at radius 3 is 2.78 bits per heavy atom. The van der Waals surface area contributed by atoms with E-state index in [9.17, 15) is 0 Å². The van der Waals surface area contributed by atoms with Crippen LogP contribution in [0.2, 0.25) is 0 Å². The zero-order valence-corrected chi connectivity index (χ0v) is 11.9. The Kier molecular flexibility index (Phi) is 6.54. The van der Waals surface area contributed by atoms with E-state index in [4.69, 9.17) is 6.42 Å². The van der Waals surface area contributed by atoms with Gasteiger partial charge in [0.15, 0.2) is 0 Å². The Morgan fingerprint density at radius 1 is 1.33 bits per heavy atom. The molecule has 0 aliphatic heterocycles. The molecule has 0 radical (unpaired) electrons. The van der Waals surface area contributed by atoms with Crippen molar-refractivity contribution in [3.8, 4) is 12.3 Å². The van der Waals surface area contributed by atoms with Crippen LogP contribution in [-0.2, 0) is 6.42 Å². The first kappa shape index (κ1) is 14.8. The van der Waals surface area contributed by atoms with Crippen molar-refractivity contribution in [2.75, 3.05) is 6.54 Å². The zero-order valence-electron chi connectivity index (χ0n) is 11.9. The van der Waals surface area contributed by atoms with Crippen molar-refractivity contribution < 1.29 is 0 Å². The van der Waals surface area contributed by atoms with Crippen molar-refractivity contribution in [3.05, 3.63) is 34.9 Å². The van der Waals surface area contributed by atoms with E-state index in [1.807, 2.05) is 0 Å². The third kappa shape index (κ3) is 4.94. The summed E-state index contributed by atoms with van der Waals surface area (Å²) in [7, 11) is 0. The Morgan fingerprint density at radius 2 is 2.11 bits per heavy atom. The lowest BCUT2D eigenvalue weighted by molar-refractivity contribution is 0.482. The summed E-state index contributed by atoms with van der Waals surface area (Å²) in [4.78, 5) is 0. The molecule has 0 saturated carbocycles. The number of nitrogens with one attached hydrogen (secondary N) is 1. The van der Waals surface area contributed by atoms with Gasteiger partial charge in [-0.05, 0) is 50.8 Å². The largest absolute Gasteiger partial charge is 0.314 e. The van der Waals surface area contributed by atoms with Gasteiger partial charge in [-0.15, -0.1) is 12.3 Å². The van der Waals surface area contributed by atoms with Gasteiger partial charge in [0.1, 0.15) is 0 Å². The first-order valence-corrected chi connectivity index (χ1v) is 6.90. The van der Waals surface area contributed by atoms with Gasteiger partial charge < -0.3 is 5.32 Å². The zero-order chi connectivity index (χ0) is 13.4. The third-order valence-electron chi connectivity index (χ3n) is 3.29.